The Morgan fingerprint density at radius 2 is 2.32 bits per heavy atom. The minimum absolute atomic E-state index is 0.0142. The summed E-state index contributed by atoms with van der Waals surface area (Å²) in [5.41, 5.74) is 2.16. The largest absolute Gasteiger partial charge is 0.342 e. The van der Waals surface area contributed by atoms with Crippen molar-refractivity contribution in [2.75, 3.05) is 0 Å². The molecule has 0 aliphatic rings. The topological polar surface area (TPSA) is 120 Å². The van der Waals surface area contributed by atoms with E-state index < -0.39 is 16.5 Å². The average molecular weight is 339 g/mol. The maximum Gasteiger partial charge on any atom is 0.342 e. The van der Waals surface area contributed by atoms with Gasteiger partial charge in [0.2, 0.25) is 0 Å². The van der Waals surface area contributed by atoms with Crippen molar-refractivity contribution in [2.45, 2.75) is 24.1 Å². The number of H-pyrrole nitrogens is 2. The first kappa shape index (κ1) is 16.2. The molecule has 10 heteroatoms. The van der Waals surface area contributed by atoms with Crippen molar-refractivity contribution < 1.29 is 4.79 Å². The van der Waals surface area contributed by atoms with Crippen molar-refractivity contribution in [1.82, 2.24) is 20.6 Å². The van der Waals surface area contributed by atoms with E-state index in [1.807, 2.05) is 23.4 Å². The number of nitrogens with zero attached hydrogens (tertiary/aromatic N) is 2. The molecule has 0 spiro atoms. The summed E-state index contributed by atoms with van der Waals surface area (Å²) in [6.07, 6.45) is 1.57. The number of nitrogens with one attached hydrogen (secondary N) is 3. The van der Waals surface area contributed by atoms with Gasteiger partial charge in [0, 0.05) is 4.88 Å². The van der Waals surface area contributed by atoms with Crippen LogP contribution in [0.3, 0.4) is 0 Å². The van der Waals surface area contributed by atoms with Gasteiger partial charge in [-0.15, -0.1) is 11.3 Å². The Labute approximate surface area is 133 Å². The zero-order chi connectivity index (χ0) is 16.1. The standard InChI is InChI=1S/C12H13N5O3S2/c1-6-3-4-21-8(6)5-13-15-9(18)7(2)22-11-10(19)14-12(20)17-16-11/h3-5,7H,1-2H3,(H,15,18)(H2,14,17,19,20)/b13-5+. The summed E-state index contributed by atoms with van der Waals surface area (Å²) in [7, 11) is 0. The van der Waals surface area contributed by atoms with Gasteiger partial charge in [0.05, 0.1) is 11.5 Å². The number of hydrogen-bond donors (Lipinski definition) is 3. The second-order valence-electron chi connectivity index (χ2n) is 4.27. The van der Waals surface area contributed by atoms with Gasteiger partial charge in [0.25, 0.3) is 11.5 Å². The van der Waals surface area contributed by atoms with Crippen molar-refractivity contribution >= 4 is 35.2 Å². The highest BCUT2D eigenvalue weighted by Gasteiger charge is 2.17. The summed E-state index contributed by atoms with van der Waals surface area (Å²) < 4.78 is 0. The van der Waals surface area contributed by atoms with Crippen LogP contribution in [0.4, 0.5) is 0 Å². The van der Waals surface area contributed by atoms with Crippen molar-refractivity contribution in [1.29, 1.82) is 0 Å². The number of thioether (sulfide) groups is 1. The molecule has 0 aliphatic carbocycles. The predicted molar refractivity (Wildman–Crippen MR) is 85.6 cm³/mol. The lowest BCUT2D eigenvalue weighted by Crippen LogP contribution is -2.30. The Balaban J connectivity index is 1.95. The quantitative estimate of drug-likeness (QED) is 0.415. The highest BCUT2D eigenvalue weighted by atomic mass is 32.2. The maximum absolute atomic E-state index is 11.9. The fraction of sp³-hybridized carbons (Fsp3) is 0.250. The number of amides is 1. The predicted octanol–water partition coefficient (Wildman–Crippen LogP) is 0.459. The average Bonchev–Trinajstić information content (AvgIpc) is 2.87. The molecule has 22 heavy (non-hydrogen) atoms. The summed E-state index contributed by atoms with van der Waals surface area (Å²) in [5, 5.41) is 10.9. The van der Waals surface area contributed by atoms with Crippen LogP contribution in [0.2, 0.25) is 0 Å². The smallest absolute Gasteiger partial charge is 0.272 e. The first-order valence-corrected chi connectivity index (χ1v) is 7.96. The number of carbonyl (C=O) groups excluding carboxylic acids is 1. The lowest BCUT2D eigenvalue weighted by Gasteiger charge is -2.07. The molecule has 0 fully saturated rings. The zero-order valence-electron chi connectivity index (χ0n) is 11.7. The molecular formula is C12H13N5O3S2. The lowest BCUT2D eigenvalue weighted by atomic mass is 10.3. The zero-order valence-corrected chi connectivity index (χ0v) is 13.4. The van der Waals surface area contributed by atoms with Gasteiger partial charge >= 0.3 is 5.69 Å². The minimum atomic E-state index is -0.692. The summed E-state index contributed by atoms with van der Waals surface area (Å²) in [4.78, 5) is 37.2. The van der Waals surface area contributed by atoms with Gasteiger partial charge in [0.15, 0.2) is 5.03 Å². The molecule has 3 N–H and O–H groups in total. The summed E-state index contributed by atoms with van der Waals surface area (Å²) in [6.45, 7) is 3.56. The van der Waals surface area contributed by atoms with Gasteiger partial charge in [-0.1, -0.05) is 11.8 Å². The van der Waals surface area contributed by atoms with Gasteiger partial charge in [-0.05, 0) is 30.9 Å². The highest BCUT2D eigenvalue weighted by molar-refractivity contribution is 8.00. The van der Waals surface area contributed by atoms with Crippen molar-refractivity contribution in [3.05, 3.63) is 42.7 Å². The van der Waals surface area contributed by atoms with E-state index in [1.54, 1.807) is 13.1 Å². The monoisotopic (exact) mass is 339 g/mol. The minimum Gasteiger partial charge on any atom is -0.272 e. The normalized spacial score (nSPS) is 12.5. The molecule has 0 saturated heterocycles. The van der Waals surface area contributed by atoms with E-state index in [2.05, 4.69) is 20.7 Å². The van der Waals surface area contributed by atoms with Crippen LogP contribution in [0.5, 0.6) is 0 Å². The van der Waals surface area contributed by atoms with Crippen LogP contribution in [0.25, 0.3) is 0 Å². The Morgan fingerprint density at radius 1 is 1.55 bits per heavy atom. The molecule has 0 aliphatic heterocycles. The fourth-order valence-corrected chi connectivity index (χ4v) is 2.94. The molecule has 2 rings (SSSR count). The van der Waals surface area contributed by atoms with E-state index in [9.17, 15) is 14.4 Å². The number of aryl methyl sites for hydroxylation is 1. The van der Waals surface area contributed by atoms with Crippen LogP contribution < -0.4 is 16.7 Å². The molecule has 2 heterocycles. The second-order valence-corrected chi connectivity index (χ2v) is 6.55. The van der Waals surface area contributed by atoms with E-state index in [-0.39, 0.29) is 10.9 Å². The maximum atomic E-state index is 11.9. The number of hydrazone groups is 1. The second kappa shape index (κ2) is 7.18. The van der Waals surface area contributed by atoms with E-state index in [0.29, 0.717) is 0 Å². The van der Waals surface area contributed by atoms with Gasteiger partial charge in [-0.2, -0.15) is 10.2 Å². The third-order valence-corrected chi connectivity index (χ3v) is 4.62. The first-order valence-electron chi connectivity index (χ1n) is 6.20. The van der Waals surface area contributed by atoms with Crippen molar-refractivity contribution in [2.24, 2.45) is 5.10 Å². The Morgan fingerprint density at radius 3 is 2.95 bits per heavy atom. The molecule has 0 radical (unpaired) electrons. The number of carbonyl (C=O) groups is 1. The molecule has 1 atom stereocenters. The molecule has 0 saturated carbocycles. The van der Waals surface area contributed by atoms with Gasteiger partial charge in [-0.25, -0.2) is 15.3 Å². The van der Waals surface area contributed by atoms with Gasteiger partial charge in [-0.3, -0.25) is 14.6 Å². The third-order valence-electron chi connectivity index (χ3n) is 2.60. The molecule has 8 nitrogen and oxygen atoms in total. The number of thiophene rings is 1. The van der Waals surface area contributed by atoms with Crippen LogP contribution in [0.15, 0.2) is 31.2 Å². The molecule has 2 aromatic rings. The molecule has 0 aromatic carbocycles. The number of aromatic nitrogens is 3. The van der Waals surface area contributed by atoms with E-state index in [1.165, 1.54) is 11.3 Å². The van der Waals surface area contributed by atoms with Crippen LogP contribution in [0, 0.1) is 6.92 Å². The molecular weight excluding hydrogens is 326 g/mol. The van der Waals surface area contributed by atoms with Gasteiger partial charge in [0.1, 0.15) is 0 Å². The Kier molecular flexibility index (Phi) is 5.28. The Hall–Kier alpha value is -2.20. The van der Waals surface area contributed by atoms with Crippen LogP contribution in [-0.4, -0.2) is 32.6 Å². The number of rotatable bonds is 5. The van der Waals surface area contributed by atoms with Crippen molar-refractivity contribution in [3.63, 3.8) is 0 Å². The number of aromatic amines is 2. The molecule has 0 bridgehead atoms. The fourth-order valence-electron chi connectivity index (χ4n) is 1.40. The number of hydrogen-bond acceptors (Lipinski definition) is 7. The highest BCUT2D eigenvalue weighted by Crippen LogP contribution is 2.16. The summed E-state index contributed by atoms with van der Waals surface area (Å²) >= 11 is 2.45. The van der Waals surface area contributed by atoms with E-state index in [4.69, 9.17) is 0 Å². The lowest BCUT2D eigenvalue weighted by molar-refractivity contribution is -0.120. The third kappa shape index (κ3) is 4.15. The SMILES string of the molecule is Cc1ccsc1/C=N/NC(=O)C(C)Sc1n[nH]c(=O)[nH]c1=O. The van der Waals surface area contributed by atoms with Gasteiger partial charge < -0.3 is 0 Å². The van der Waals surface area contributed by atoms with Crippen molar-refractivity contribution in [3.8, 4) is 0 Å². The van der Waals surface area contributed by atoms with E-state index >= 15 is 0 Å². The van der Waals surface area contributed by atoms with Crippen LogP contribution in [0.1, 0.15) is 17.4 Å². The molecule has 2 aromatic heterocycles. The molecule has 116 valence electrons. The molecule has 1 amide bonds. The first-order chi connectivity index (χ1) is 10.5. The van der Waals surface area contributed by atoms with Crippen LogP contribution in [-0.2, 0) is 4.79 Å². The Bertz CT molecular complexity index is 807. The summed E-state index contributed by atoms with van der Waals surface area (Å²) in [5.74, 6) is -0.372. The molecule has 1 unspecified atom stereocenters. The van der Waals surface area contributed by atoms with Crippen LogP contribution >= 0.6 is 23.1 Å². The summed E-state index contributed by atoms with van der Waals surface area (Å²) in [6, 6.07) is 1.96. The van der Waals surface area contributed by atoms with E-state index in [0.717, 1.165) is 22.2 Å².